The van der Waals surface area contributed by atoms with Crippen molar-refractivity contribution in [1.29, 1.82) is 0 Å². The molecule has 0 aliphatic carbocycles. The molecule has 6 nitrogen and oxygen atoms in total. The molecule has 8 heteroatoms. The van der Waals surface area contributed by atoms with Crippen molar-refractivity contribution in [3.8, 4) is 11.5 Å². The highest BCUT2D eigenvalue weighted by Gasteiger charge is 2.29. The molecule has 29 heavy (non-hydrogen) atoms. The molecule has 1 aliphatic rings. The van der Waals surface area contributed by atoms with Crippen molar-refractivity contribution in [2.45, 2.75) is 19.5 Å². The lowest BCUT2D eigenvalue weighted by Gasteiger charge is -2.32. The van der Waals surface area contributed by atoms with E-state index in [9.17, 15) is 18.4 Å². The third kappa shape index (κ3) is 5.22. The minimum absolute atomic E-state index is 0.112. The van der Waals surface area contributed by atoms with Crippen LogP contribution < -0.4 is 14.8 Å². The van der Waals surface area contributed by atoms with E-state index >= 15 is 0 Å². The van der Waals surface area contributed by atoms with Crippen molar-refractivity contribution < 1.29 is 27.8 Å². The maximum atomic E-state index is 12.9. The molecule has 2 aromatic rings. The number of amides is 2. The molecule has 1 saturated heterocycles. The third-order valence-corrected chi connectivity index (χ3v) is 4.75. The fraction of sp³-hybridized carbons (Fsp3) is 0.333. The molecule has 1 heterocycles. The van der Waals surface area contributed by atoms with Crippen LogP contribution >= 0.6 is 0 Å². The van der Waals surface area contributed by atoms with E-state index in [2.05, 4.69) is 10.1 Å². The first-order valence-corrected chi connectivity index (χ1v) is 9.26. The van der Waals surface area contributed by atoms with E-state index in [1.165, 1.54) is 25.3 Å². The number of para-hydroxylation sites is 1. The number of alkyl halides is 2. The summed E-state index contributed by atoms with van der Waals surface area (Å²) in [5.74, 6) is -0.929. The predicted molar refractivity (Wildman–Crippen MR) is 103 cm³/mol. The largest absolute Gasteiger partial charge is 0.493 e. The number of likely N-dealkylation sites (tertiary alicyclic amines) is 1. The first kappa shape index (κ1) is 20.6. The zero-order valence-electron chi connectivity index (χ0n) is 15.9. The number of carbonyl (C=O) groups is 2. The Labute approximate surface area is 167 Å². The number of hydrogen-bond acceptors (Lipinski definition) is 4. The summed E-state index contributed by atoms with van der Waals surface area (Å²) in [6, 6.07) is 13.3. The summed E-state index contributed by atoms with van der Waals surface area (Å²) in [6.07, 6.45) is 1.35. The highest BCUT2D eigenvalue weighted by Crippen LogP contribution is 2.30. The summed E-state index contributed by atoms with van der Waals surface area (Å²) < 4.78 is 34.7. The van der Waals surface area contributed by atoms with E-state index < -0.39 is 6.61 Å². The monoisotopic (exact) mass is 404 g/mol. The molecule has 2 aromatic carbocycles. The Hall–Kier alpha value is -3.16. The van der Waals surface area contributed by atoms with Crippen LogP contribution in [-0.2, 0) is 4.79 Å². The van der Waals surface area contributed by atoms with Crippen LogP contribution in [0.15, 0.2) is 48.5 Å². The molecule has 0 saturated carbocycles. The normalized spacial score (nSPS) is 16.4. The minimum Gasteiger partial charge on any atom is -0.493 e. The average molecular weight is 404 g/mol. The number of anilines is 1. The molecule has 1 fully saturated rings. The zero-order valence-corrected chi connectivity index (χ0v) is 15.9. The molecule has 3 rings (SSSR count). The van der Waals surface area contributed by atoms with Crippen molar-refractivity contribution in [3.63, 3.8) is 0 Å². The summed E-state index contributed by atoms with van der Waals surface area (Å²) in [4.78, 5) is 27.0. The molecule has 0 spiro atoms. The number of piperidine rings is 1. The number of rotatable bonds is 6. The molecular weight excluding hydrogens is 382 g/mol. The summed E-state index contributed by atoms with van der Waals surface area (Å²) in [6.45, 7) is -2.28. The van der Waals surface area contributed by atoms with Gasteiger partial charge in [0.15, 0.2) is 11.5 Å². The van der Waals surface area contributed by atoms with Gasteiger partial charge in [0.25, 0.3) is 5.91 Å². The van der Waals surface area contributed by atoms with Crippen LogP contribution in [0.3, 0.4) is 0 Å². The second kappa shape index (κ2) is 9.36. The van der Waals surface area contributed by atoms with Gasteiger partial charge in [0, 0.05) is 24.3 Å². The van der Waals surface area contributed by atoms with Gasteiger partial charge in [-0.2, -0.15) is 8.78 Å². The Kier molecular flexibility index (Phi) is 6.64. The molecule has 0 aromatic heterocycles. The van der Waals surface area contributed by atoms with E-state index in [4.69, 9.17) is 4.74 Å². The molecule has 1 atom stereocenters. The fourth-order valence-corrected chi connectivity index (χ4v) is 3.32. The van der Waals surface area contributed by atoms with Crippen LogP contribution in [0.4, 0.5) is 14.5 Å². The number of nitrogens with zero attached hydrogens (tertiary/aromatic N) is 1. The molecular formula is C21H22F2N2O4. The first-order valence-electron chi connectivity index (χ1n) is 9.26. The summed E-state index contributed by atoms with van der Waals surface area (Å²) in [7, 11) is 1.33. The Morgan fingerprint density at radius 1 is 1.14 bits per heavy atom. The Morgan fingerprint density at radius 3 is 2.59 bits per heavy atom. The highest BCUT2D eigenvalue weighted by atomic mass is 19.3. The predicted octanol–water partition coefficient (Wildman–Crippen LogP) is 3.79. The second-order valence-electron chi connectivity index (χ2n) is 6.69. The maximum absolute atomic E-state index is 12.9. The van der Waals surface area contributed by atoms with Gasteiger partial charge in [-0.15, -0.1) is 0 Å². The van der Waals surface area contributed by atoms with Gasteiger partial charge >= 0.3 is 6.61 Å². The lowest BCUT2D eigenvalue weighted by Crippen LogP contribution is -2.43. The number of hydrogen-bond donors (Lipinski definition) is 1. The van der Waals surface area contributed by atoms with Crippen LogP contribution in [0.1, 0.15) is 23.2 Å². The van der Waals surface area contributed by atoms with Gasteiger partial charge < -0.3 is 19.7 Å². The lowest BCUT2D eigenvalue weighted by atomic mass is 9.96. The van der Waals surface area contributed by atoms with Crippen molar-refractivity contribution in [2.75, 3.05) is 25.5 Å². The van der Waals surface area contributed by atoms with E-state index in [0.29, 0.717) is 25.1 Å². The molecule has 154 valence electrons. The molecule has 1 unspecified atom stereocenters. The van der Waals surface area contributed by atoms with E-state index in [0.717, 1.165) is 0 Å². The Balaban J connectivity index is 1.70. The average Bonchev–Trinajstić information content (AvgIpc) is 2.73. The fourth-order valence-electron chi connectivity index (χ4n) is 3.32. The number of carbonyl (C=O) groups excluding carboxylic acids is 2. The molecule has 2 amide bonds. The van der Waals surface area contributed by atoms with Gasteiger partial charge in [0.1, 0.15) is 0 Å². The standard InChI is InChI=1S/C21H22F2N2O4/c1-28-17-10-9-14(12-18(17)29-21(22)23)20(27)25-11-5-6-15(13-25)19(26)24-16-7-3-2-4-8-16/h2-4,7-10,12,15,21H,5-6,11,13H2,1H3,(H,24,26). The molecule has 0 bridgehead atoms. The van der Waals surface area contributed by atoms with E-state index in [1.54, 1.807) is 17.0 Å². The van der Waals surface area contributed by atoms with Crippen molar-refractivity contribution in [2.24, 2.45) is 5.92 Å². The molecule has 1 aliphatic heterocycles. The van der Waals surface area contributed by atoms with Crippen molar-refractivity contribution in [3.05, 3.63) is 54.1 Å². The number of ether oxygens (including phenoxy) is 2. The maximum Gasteiger partial charge on any atom is 0.387 e. The van der Waals surface area contributed by atoms with Crippen LogP contribution in [0.25, 0.3) is 0 Å². The van der Waals surface area contributed by atoms with Crippen LogP contribution in [0.2, 0.25) is 0 Å². The smallest absolute Gasteiger partial charge is 0.387 e. The topological polar surface area (TPSA) is 67.9 Å². The summed E-state index contributed by atoms with van der Waals surface area (Å²) in [5.41, 5.74) is 0.899. The van der Waals surface area contributed by atoms with Crippen molar-refractivity contribution in [1.82, 2.24) is 4.90 Å². The highest BCUT2D eigenvalue weighted by molar-refractivity contribution is 5.96. The van der Waals surface area contributed by atoms with Crippen molar-refractivity contribution >= 4 is 17.5 Å². The van der Waals surface area contributed by atoms with Gasteiger partial charge in [0.2, 0.25) is 5.91 Å². The van der Waals surface area contributed by atoms with Gasteiger partial charge in [0.05, 0.1) is 13.0 Å². The quantitative estimate of drug-likeness (QED) is 0.796. The van der Waals surface area contributed by atoms with E-state index in [-0.39, 0.29) is 41.3 Å². The molecule has 0 radical (unpaired) electrons. The first-order chi connectivity index (χ1) is 14.0. The zero-order chi connectivity index (χ0) is 20.8. The van der Waals surface area contributed by atoms with Gasteiger partial charge in [-0.1, -0.05) is 18.2 Å². The van der Waals surface area contributed by atoms with Crippen LogP contribution in [0, 0.1) is 5.92 Å². The third-order valence-electron chi connectivity index (χ3n) is 4.75. The Bertz CT molecular complexity index is 861. The minimum atomic E-state index is -3.03. The summed E-state index contributed by atoms with van der Waals surface area (Å²) >= 11 is 0. The number of nitrogens with one attached hydrogen (secondary N) is 1. The van der Waals surface area contributed by atoms with Crippen LogP contribution in [-0.4, -0.2) is 43.5 Å². The summed E-state index contributed by atoms with van der Waals surface area (Å²) in [5, 5.41) is 2.86. The van der Waals surface area contributed by atoms with Gasteiger partial charge in [-0.05, 0) is 43.2 Å². The number of halogens is 2. The Morgan fingerprint density at radius 2 is 1.90 bits per heavy atom. The van der Waals surface area contributed by atoms with Crippen LogP contribution in [0.5, 0.6) is 11.5 Å². The lowest BCUT2D eigenvalue weighted by molar-refractivity contribution is -0.121. The number of methoxy groups -OCH3 is 1. The van der Waals surface area contributed by atoms with Gasteiger partial charge in [-0.25, -0.2) is 0 Å². The molecule has 1 N–H and O–H groups in total. The second-order valence-corrected chi connectivity index (χ2v) is 6.69. The van der Waals surface area contributed by atoms with E-state index in [1.807, 2.05) is 18.2 Å². The number of benzene rings is 2. The SMILES string of the molecule is COc1ccc(C(=O)N2CCCC(C(=O)Nc3ccccc3)C2)cc1OC(F)F. The van der Waals surface area contributed by atoms with Gasteiger partial charge in [-0.3, -0.25) is 9.59 Å².